The first-order chi connectivity index (χ1) is 9.29. The zero-order valence-corrected chi connectivity index (χ0v) is 11.4. The predicted molar refractivity (Wildman–Crippen MR) is 75.1 cm³/mol. The van der Waals surface area contributed by atoms with E-state index in [0.29, 0.717) is 13.2 Å². The lowest BCUT2D eigenvalue weighted by molar-refractivity contribution is -0.125. The first-order valence-corrected chi connectivity index (χ1v) is 6.99. The topological polar surface area (TPSA) is 50.4 Å². The van der Waals surface area contributed by atoms with E-state index in [1.165, 1.54) is 0 Å². The third kappa shape index (κ3) is 4.24. The van der Waals surface area contributed by atoms with Crippen molar-refractivity contribution in [2.75, 3.05) is 19.7 Å². The summed E-state index contributed by atoms with van der Waals surface area (Å²) in [5, 5.41) is 6.26. The summed E-state index contributed by atoms with van der Waals surface area (Å²) in [4.78, 5) is 12.0. The number of rotatable bonds is 5. The Bertz CT molecular complexity index is 414. The molecule has 0 spiro atoms. The van der Waals surface area contributed by atoms with E-state index < -0.39 is 0 Å². The van der Waals surface area contributed by atoms with Crippen LogP contribution in [-0.2, 0) is 11.3 Å². The van der Waals surface area contributed by atoms with Crippen molar-refractivity contribution >= 4 is 5.91 Å². The maximum atomic E-state index is 12.0. The van der Waals surface area contributed by atoms with Gasteiger partial charge in [-0.1, -0.05) is 12.1 Å². The third-order valence-corrected chi connectivity index (χ3v) is 3.34. The Morgan fingerprint density at radius 3 is 3.16 bits per heavy atom. The summed E-state index contributed by atoms with van der Waals surface area (Å²) < 4.78 is 5.45. The summed E-state index contributed by atoms with van der Waals surface area (Å²) in [7, 11) is 0. The second-order valence-corrected chi connectivity index (χ2v) is 4.84. The van der Waals surface area contributed by atoms with Gasteiger partial charge in [0, 0.05) is 13.1 Å². The van der Waals surface area contributed by atoms with Crippen molar-refractivity contribution in [3.8, 4) is 5.75 Å². The fraction of sp³-hybridized carbons (Fsp3) is 0.533. The average molecular weight is 262 g/mol. The number of piperidine rings is 1. The fourth-order valence-electron chi connectivity index (χ4n) is 2.32. The number of nitrogens with one attached hydrogen (secondary N) is 2. The Kier molecular flexibility index (Phi) is 5.21. The summed E-state index contributed by atoms with van der Waals surface area (Å²) in [6, 6.07) is 7.86. The number of hydrogen-bond acceptors (Lipinski definition) is 3. The average Bonchev–Trinajstić information content (AvgIpc) is 2.46. The maximum Gasteiger partial charge on any atom is 0.224 e. The smallest absolute Gasteiger partial charge is 0.224 e. The fourth-order valence-corrected chi connectivity index (χ4v) is 2.32. The second-order valence-electron chi connectivity index (χ2n) is 4.84. The molecule has 0 unspecified atom stereocenters. The van der Waals surface area contributed by atoms with Crippen molar-refractivity contribution in [2.45, 2.75) is 26.3 Å². The molecule has 1 aliphatic heterocycles. The van der Waals surface area contributed by atoms with Crippen LogP contribution in [0.3, 0.4) is 0 Å². The maximum absolute atomic E-state index is 12.0. The standard InChI is InChI=1S/C15H22N2O2/c1-2-19-14-7-3-5-12(9-14)10-17-15(18)13-6-4-8-16-11-13/h3,5,7,9,13,16H,2,4,6,8,10-11H2,1H3,(H,17,18)/t13-/m0/s1. The number of carbonyl (C=O) groups excluding carboxylic acids is 1. The van der Waals surface area contributed by atoms with Crippen LogP contribution in [0, 0.1) is 5.92 Å². The molecule has 0 saturated carbocycles. The molecule has 0 aliphatic carbocycles. The molecule has 1 aliphatic rings. The molecule has 1 amide bonds. The number of hydrogen-bond donors (Lipinski definition) is 2. The van der Waals surface area contributed by atoms with Crippen LogP contribution in [0.5, 0.6) is 5.75 Å². The SMILES string of the molecule is CCOc1cccc(CNC(=O)[C@H]2CCCNC2)c1. The molecule has 4 nitrogen and oxygen atoms in total. The van der Waals surface area contributed by atoms with Gasteiger partial charge in [-0.25, -0.2) is 0 Å². The van der Waals surface area contributed by atoms with E-state index >= 15 is 0 Å². The Morgan fingerprint density at radius 1 is 1.53 bits per heavy atom. The Morgan fingerprint density at radius 2 is 2.42 bits per heavy atom. The van der Waals surface area contributed by atoms with Gasteiger partial charge >= 0.3 is 0 Å². The van der Waals surface area contributed by atoms with Crippen LogP contribution in [0.25, 0.3) is 0 Å². The number of benzene rings is 1. The lowest BCUT2D eigenvalue weighted by Crippen LogP contribution is -2.40. The Labute approximate surface area is 114 Å². The molecule has 0 radical (unpaired) electrons. The lowest BCUT2D eigenvalue weighted by atomic mass is 9.99. The van der Waals surface area contributed by atoms with Gasteiger partial charge in [-0.2, -0.15) is 0 Å². The van der Waals surface area contributed by atoms with Crippen molar-refractivity contribution in [1.82, 2.24) is 10.6 Å². The summed E-state index contributed by atoms with van der Waals surface area (Å²) >= 11 is 0. The van der Waals surface area contributed by atoms with Gasteiger partial charge < -0.3 is 15.4 Å². The van der Waals surface area contributed by atoms with E-state index in [1.807, 2.05) is 31.2 Å². The minimum Gasteiger partial charge on any atom is -0.494 e. The highest BCUT2D eigenvalue weighted by molar-refractivity contribution is 5.78. The molecule has 0 bridgehead atoms. The van der Waals surface area contributed by atoms with Gasteiger partial charge in [-0.05, 0) is 44.0 Å². The van der Waals surface area contributed by atoms with Crippen LogP contribution in [0.2, 0.25) is 0 Å². The number of amides is 1. The highest BCUT2D eigenvalue weighted by Crippen LogP contribution is 2.14. The lowest BCUT2D eigenvalue weighted by Gasteiger charge is -2.21. The summed E-state index contributed by atoms with van der Waals surface area (Å²) in [5.41, 5.74) is 1.07. The van der Waals surface area contributed by atoms with Gasteiger partial charge in [0.15, 0.2) is 0 Å². The molecular formula is C15H22N2O2. The van der Waals surface area contributed by atoms with Crippen LogP contribution in [-0.4, -0.2) is 25.6 Å². The number of ether oxygens (including phenoxy) is 1. The van der Waals surface area contributed by atoms with Gasteiger partial charge in [-0.15, -0.1) is 0 Å². The molecule has 19 heavy (non-hydrogen) atoms. The van der Waals surface area contributed by atoms with E-state index in [-0.39, 0.29) is 11.8 Å². The molecule has 4 heteroatoms. The van der Waals surface area contributed by atoms with Gasteiger partial charge in [0.2, 0.25) is 5.91 Å². The van der Waals surface area contributed by atoms with Crippen LogP contribution in [0.1, 0.15) is 25.3 Å². The van der Waals surface area contributed by atoms with Crippen molar-refractivity contribution in [2.24, 2.45) is 5.92 Å². The first-order valence-electron chi connectivity index (χ1n) is 6.99. The highest BCUT2D eigenvalue weighted by Gasteiger charge is 2.20. The normalized spacial score (nSPS) is 18.9. The predicted octanol–water partition coefficient (Wildman–Crippen LogP) is 1.70. The van der Waals surface area contributed by atoms with Crippen molar-refractivity contribution in [3.05, 3.63) is 29.8 Å². The van der Waals surface area contributed by atoms with E-state index in [2.05, 4.69) is 10.6 Å². The summed E-state index contributed by atoms with van der Waals surface area (Å²) in [5.74, 6) is 1.12. The van der Waals surface area contributed by atoms with Crippen molar-refractivity contribution in [3.63, 3.8) is 0 Å². The second kappa shape index (κ2) is 7.14. The number of carbonyl (C=O) groups is 1. The molecule has 2 N–H and O–H groups in total. The van der Waals surface area contributed by atoms with E-state index in [4.69, 9.17) is 4.74 Å². The molecule has 2 rings (SSSR count). The summed E-state index contributed by atoms with van der Waals surface area (Å²) in [6.45, 7) is 5.01. The van der Waals surface area contributed by atoms with E-state index in [0.717, 1.165) is 37.2 Å². The molecule has 1 aromatic carbocycles. The van der Waals surface area contributed by atoms with Crippen LogP contribution in [0.4, 0.5) is 0 Å². The molecule has 0 aromatic heterocycles. The Hall–Kier alpha value is -1.55. The molecule has 1 atom stereocenters. The van der Waals surface area contributed by atoms with Crippen molar-refractivity contribution in [1.29, 1.82) is 0 Å². The van der Waals surface area contributed by atoms with Crippen LogP contribution >= 0.6 is 0 Å². The molecular weight excluding hydrogens is 240 g/mol. The van der Waals surface area contributed by atoms with Gasteiger partial charge in [0.1, 0.15) is 5.75 Å². The minimum atomic E-state index is 0.115. The monoisotopic (exact) mass is 262 g/mol. The van der Waals surface area contributed by atoms with Crippen LogP contribution in [0.15, 0.2) is 24.3 Å². The molecule has 104 valence electrons. The Balaban J connectivity index is 1.83. The molecule has 1 fully saturated rings. The molecule has 1 saturated heterocycles. The molecule has 1 aromatic rings. The molecule has 1 heterocycles. The van der Waals surface area contributed by atoms with E-state index in [9.17, 15) is 4.79 Å². The first kappa shape index (κ1) is 13.9. The zero-order chi connectivity index (χ0) is 13.5. The van der Waals surface area contributed by atoms with Crippen LogP contribution < -0.4 is 15.4 Å². The van der Waals surface area contributed by atoms with Gasteiger partial charge in [0.05, 0.1) is 12.5 Å². The highest BCUT2D eigenvalue weighted by atomic mass is 16.5. The third-order valence-electron chi connectivity index (χ3n) is 3.34. The van der Waals surface area contributed by atoms with Gasteiger partial charge in [0.25, 0.3) is 0 Å². The largest absolute Gasteiger partial charge is 0.494 e. The van der Waals surface area contributed by atoms with Crippen molar-refractivity contribution < 1.29 is 9.53 Å². The van der Waals surface area contributed by atoms with Gasteiger partial charge in [-0.3, -0.25) is 4.79 Å². The quantitative estimate of drug-likeness (QED) is 0.849. The summed E-state index contributed by atoms with van der Waals surface area (Å²) in [6.07, 6.45) is 2.07. The minimum absolute atomic E-state index is 0.115. The zero-order valence-electron chi connectivity index (χ0n) is 11.4. The van der Waals surface area contributed by atoms with E-state index in [1.54, 1.807) is 0 Å².